The van der Waals surface area contributed by atoms with Crippen LogP contribution < -0.4 is 5.73 Å². The van der Waals surface area contributed by atoms with Crippen molar-refractivity contribution >= 4 is 0 Å². The van der Waals surface area contributed by atoms with E-state index in [4.69, 9.17) is 5.73 Å². The third-order valence-electron chi connectivity index (χ3n) is 2.85. The molecule has 0 aliphatic rings. The molecule has 0 bridgehead atoms. The second-order valence-electron chi connectivity index (χ2n) is 4.30. The van der Waals surface area contributed by atoms with Gasteiger partial charge in [0.05, 0.1) is 11.9 Å². The molecule has 90 valence electrons. The van der Waals surface area contributed by atoms with Crippen LogP contribution in [0, 0.1) is 13.8 Å². The molecule has 0 saturated carbocycles. The summed E-state index contributed by atoms with van der Waals surface area (Å²) in [7, 11) is 0. The minimum Gasteiger partial charge on any atom is -0.330 e. The van der Waals surface area contributed by atoms with E-state index in [0.29, 0.717) is 6.54 Å². The molecule has 0 atom stereocenters. The molecule has 0 fully saturated rings. The van der Waals surface area contributed by atoms with E-state index >= 15 is 0 Å². The third-order valence-corrected chi connectivity index (χ3v) is 2.85. The van der Waals surface area contributed by atoms with Crippen LogP contribution in [0.3, 0.4) is 0 Å². The van der Waals surface area contributed by atoms with Crippen molar-refractivity contribution in [3.8, 4) is 11.3 Å². The molecular formula is C13H18N4. The van der Waals surface area contributed by atoms with Crippen molar-refractivity contribution in [2.45, 2.75) is 26.8 Å². The molecular weight excluding hydrogens is 212 g/mol. The van der Waals surface area contributed by atoms with Gasteiger partial charge in [-0.2, -0.15) is 0 Å². The summed E-state index contributed by atoms with van der Waals surface area (Å²) in [6, 6.07) is 6.42. The molecule has 0 amide bonds. The summed E-state index contributed by atoms with van der Waals surface area (Å²) in [6.07, 6.45) is 2.73. The molecule has 2 rings (SSSR count). The zero-order valence-corrected chi connectivity index (χ0v) is 10.3. The summed E-state index contributed by atoms with van der Waals surface area (Å²) < 4.78 is 1.92. The van der Waals surface area contributed by atoms with Crippen LogP contribution >= 0.6 is 0 Å². The molecule has 1 heterocycles. The quantitative estimate of drug-likeness (QED) is 0.873. The summed E-state index contributed by atoms with van der Waals surface area (Å²) in [5, 5.41) is 8.09. The number of benzene rings is 1. The highest BCUT2D eigenvalue weighted by atomic mass is 15.4. The first kappa shape index (κ1) is 11.8. The lowest BCUT2D eigenvalue weighted by Crippen LogP contribution is -2.08. The van der Waals surface area contributed by atoms with Gasteiger partial charge in [0.1, 0.15) is 0 Å². The van der Waals surface area contributed by atoms with Crippen molar-refractivity contribution in [3.05, 3.63) is 35.5 Å². The minimum absolute atomic E-state index is 0.673. The predicted molar refractivity (Wildman–Crippen MR) is 68.6 cm³/mol. The van der Waals surface area contributed by atoms with Crippen LogP contribution in [0.4, 0.5) is 0 Å². The molecule has 0 radical (unpaired) electrons. The Hall–Kier alpha value is -1.68. The van der Waals surface area contributed by atoms with E-state index in [2.05, 4.69) is 42.4 Å². The topological polar surface area (TPSA) is 56.7 Å². The van der Waals surface area contributed by atoms with E-state index < -0.39 is 0 Å². The fourth-order valence-corrected chi connectivity index (χ4v) is 1.97. The van der Waals surface area contributed by atoms with Gasteiger partial charge in [-0.3, -0.25) is 0 Å². The fourth-order valence-electron chi connectivity index (χ4n) is 1.97. The zero-order valence-electron chi connectivity index (χ0n) is 10.3. The van der Waals surface area contributed by atoms with Crippen molar-refractivity contribution in [2.75, 3.05) is 6.54 Å². The third kappa shape index (κ3) is 2.53. The molecule has 2 N–H and O–H groups in total. The van der Waals surface area contributed by atoms with Crippen LogP contribution in [0.1, 0.15) is 17.5 Å². The summed E-state index contributed by atoms with van der Waals surface area (Å²) in [6.45, 7) is 5.70. The first-order chi connectivity index (χ1) is 8.22. The Morgan fingerprint density at radius 1 is 1.29 bits per heavy atom. The Morgan fingerprint density at radius 3 is 2.82 bits per heavy atom. The fraction of sp³-hybridized carbons (Fsp3) is 0.385. The average molecular weight is 230 g/mol. The van der Waals surface area contributed by atoms with Crippen molar-refractivity contribution in [2.24, 2.45) is 5.73 Å². The Labute approximate surface area is 101 Å². The molecule has 1 aromatic carbocycles. The van der Waals surface area contributed by atoms with Crippen molar-refractivity contribution in [1.82, 2.24) is 15.0 Å². The predicted octanol–water partition coefficient (Wildman–Crippen LogP) is 1.91. The minimum atomic E-state index is 0.673. The van der Waals surface area contributed by atoms with Gasteiger partial charge >= 0.3 is 0 Å². The molecule has 0 saturated heterocycles. The van der Waals surface area contributed by atoms with Gasteiger partial charge in [0.15, 0.2) is 0 Å². The maximum atomic E-state index is 5.52. The summed E-state index contributed by atoms with van der Waals surface area (Å²) >= 11 is 0. The average Bonchev–Trinajstić information content (AvgIpc) is 2.74. The first-order valence-corrected chi connectivity index (χ1v) is 5.88. The largest absolute Gasteiger partial charge is 0.330 e. The van der Waals surface area contributed by atoms with E-state index in [-0.39, 0.29) is 0 Å². The number of nitrogens with zero attached hydrogens (tertiary/aromatic N) is 3. The summed E-state index contributed by atoms with van der Waals surface area (Å²) in [5.41, 5.74) is 10.3. The molecule has 0 aliphatic heterocycles. The molecule has 0 unspecified atom stereocenters. The lowest BCUT2D eigenvalue weighted by atomic mass is 10.0. The normalized spacial score (nSPS) is 10.8. The molecule has 4 nitrogen and oxygen atoms in total. The van der Waals surface area contributed by atoms with Crippen molar-refractivity contribution < 1.29 is 0 Å². The Bertz CT molecular complexity index is 502. The van der Waals surface area contributed by atoms with Gasteiger partial charge in [0.25, 0.3) is 0 Å². The first-order valence-electron chi connectivity index (χ1n) is 5.88. The summed E-state index contributed by atoms with van der Waals surface area (Å²) in [5.74, 6) is 0. The van der Waals surface area contributed by atoms with Crippen LogP contribution in [0.25, 0.3) is 11.3 Å². The molecule has 4 heteroatoms. The summed E-state index contributed by atoms with van der Waals surface area (Å²) in [4.78, 5) is 0. The van der Waals surface area contributed by atoms with Gasteiger partial charge in [-0.25, -0.2) is 4.68 Å². The van der Waals surface area contributed by atoms with Gasteiger partial charge in [0, 0.05) is 12.1 Å². The number of hydrogen-bond donors (Lipinski definition) is 1. The van der Waals surface area contributed by atoms with Gasteiger partial charge in [-0.05, 0) is 32.4 Å². The molecule has 2 aromatic rings. The van der Waals surface area contributed by atoms with Crippen molar-refractivity contribution in [3.63, 3.8) is 0 Å². The lowest BCUT2D eigenvalue weighted by molar-refractivity contribution is 0.569. The van der Waals surface area contributed by atoms with Gasteiger partial charge < -0.3 is 5.73 Å². The van der Waals surface area contributed by atoms with Gasteiger partial charge in [-0.1, -0.05) is 29.0 Å². The van der Waals surface area contributed by atoms with E-state index in [9.17, 15) is 0 Å². The molecule has 0 spiro atoms. The Kier molecular flexibility index (Phi) is 3.54. The van der Waals surface area contributed by atoms with E-state index in [1.807, 2.05) is 10.9 Å². The second-order valence-corrected chi connectivity index (χ2v) is 4.30. The number of aryl methyl sites for hydroxylation is 3. The standard InChI is InChI=1S/C13H18N4/c1-10-4-5-12(11(2)8-10)13-9-15-16-17(13)7-3-6-14/h4-5,8-9H,3,6-7,14H2,1-2H3. The Morgan fingerprint density at radius 2 is 2.12 bits per heavy atom. The monoisotopic (exact) mass is 230 g/mol. The van der Waals surface area contributed by atoms with Crippen LogP contribution in [0.5, 0.6) is 0 Å². The number of rotatable bonds is 4. The van der Waals surface area contributed by atoms with Crippen LogP contribution in [0.15, 0.2) is 24.4 Å². The SMILES string of the molecule is Cc1ccc(-c2cnnn2CCCN)c(C)c1. The van der Waals surface area contributed by atoms with Crippen LogP contribution in [-0.4, -0.2) is 21.5 Å². The smallest absolute Gasteiger partial charge is 0.0888 e. The van der Waals surface area contributed by atoms with Gasteiger partial charge in [0.2, 0.25) is 0 Å². The molecule has 17 heavy (non-hydrogen) atoms. The maximum absolute atomic E-state index is 5.52. The van der Waals surface area contributed by atoms with Crippen molar-refractivity contribution in [1.29, 1.82) is 0 Å². The Balaban J connectivity index is 2.35. The highest BCUT2D eigenvalue weighted by Crippen LogP contribution is 2.23. The van der Waals surface area contributed by atoms with Crippen LogP contribution in [0.2, 0.25) is 0 Å². The lowest BCUT2D eigenvalue weighted by Gasteiger charge is -2.08. The van der Waals surface area contributed by atoms with E-state index in [1.165, 1.54) is 16.7 Å². The molecule has 0 aliphatic carbocycles. The number of hydrogen-bond acceptors (Lipinski definition) is 3. The highest BCUT2D eigenvalue weighted by Gasteiger charge is 2.08. The second kappa shape index (κ2) is 5.10. The number of aromatic nitrogens is 3. The van der Waals surface area contributed by atoms with E-state index in [1.54, 1.807) is 0 Å². The van der Waals surface area contributed by atoms with Gasteiger partial charge in [-0.15, -0.1) is 5.10 Å². The molecule has 1 aromatic heterocycles. The highest BCUT2D eigenvalue weighted by molar-refractivity contribution is 5.63. The van der Waals surface area contributed by atoms with E-state index in [0.717, 1.165) is 18.7 Å². The maximum Gasteiger partial charge on any atom is 0.0888 e. The van der Waals surface area contributed by atoms with Crippen LogP contribution in [-0.2, 0) is 6.54 Å². The zero-order chi connectivity index (χ0) is 12.3. The number of nitrogens with two attached hydrogens (primary N) is 1.